The molecule has 0 bridgehead atoms. The van der Waals surface area contributed by atoms with Gasteiger partial charge in [0, 0.05) is 43.5 Å². The Morgan fingerprint density at radius 1 is 1.36 bits per heavy atom. The fraction of sp³-hybridized carbons (Fsp3) is 0.263. The van der Waals surface area contributed by atoms with E-state index in [4.69, 9.17) is 4.52 Å². The Labute approximate surface area is 144 Å². The molecule has 0 unspecified atom stereocenters. The lowest BCUT2D eigenvalue weighted by atomic mass is 10.0. The summed E-state index contributed by atoms with van der Waals surface area (Å²) in [6.07, 6.45) is 4.87. The molecule has 0 saturated carbocycles. The second-order valence-corrected chi connectivity index (χ2v) is 6.37. The van der Waals surface area contributed by atoms with Gasteiger partial charge in [0.15, 0.2) is 0 Å². The van der Waals surface area contributed by atoms with Crippen molar-refractivity contribution in [3.05, 3.63) is 65.4 Å². The number of nitrogens with zero attached hydrogens (tertiary/aromatic N) is 3. The number of hydrogen-bond donors (Lipinski definition) is 0. The fourth-order valence-corrected chi connectivity index (χ4v) is 3.24. The first-order valence-corrected chi connectivity index (χ1v) is 8.22. The highest BCUT2D eigenvalue weighted by Gasteiger charge is 2.27. The van der Waals surface area contributed by atoms with Crippen molar-refractivity contribution in [1.29, 1.82) is 0 Å². The molecule has 0 saturated heterocycles. The standard InChI is InChI=1S/C19H18FN3O2/c1-22-7-5-13(11-22)9-18(24)23-8-6-17-16(12-23)19(21-25-17)14-3-2-4-15(20)10-14/h2-5,7,10-11H,6,8-9,12H2,1H3. The van der Waals surface area contributed by atoms with E-state index in [1.165, 1.54) is 12.1 Å². The molecule has 0 aliphatic carbocycles. The van der Waals surface area contributed by atoms with Crippen molar-refractivity contribution in [2.75, 3.05) is 6.54 Å². The third-order valence-corrected chi connectivity index (χ3v) is 4.53. The van der Waals surface area contributed by atoms with Crippen molar-refractivity contribution in [2.45, 2.75) is 19.4 Å². The molecule has 0 spiro atoms. The summed E-state index contributed by atoms with van der Waals surface area (Å²) < 4.78 is 20.9. The zero-order valence-corrected chi connectivity index (χ0v) is 13.9. The molecule has 4 rings (SSSR count). The van der Waals surface area contributed by atoms with Gasteiger partial charge in [0.05, 0.1) is 13.0 Å². The molecular weight excluding hydrogens is 321 g/mol. The monoisotopic (exact) mass is 339 g/mol. The molecule has 1 aliphatic heterocycles. The molecule has 6 heteroatoms. The van der Waals surface area contributed by atoms with Gasteiger partial charge < -0.3 is 14.0 Å². The Morgan fingerprint density at radius 2 is 2.24 bits per heavy atom. The van der Waals surface area contributed by atoms with Crippen molar-refractivity contribution in [3.63, 3.8) is 0 Å². The summed E-state index contributed by atoms with van der Waals surface area (Å²) in [5, 5.41) is 4.11. The maximum Gasteiger partial charge on any atom is 0.227 e. The minimum absolute atomic E-state index is 0.0724. The summed E-state index contributed by atoms with van der Waals surface area (Å²) in [7, 11) is 1.93. The second kappa shape index (κ2) is 6.20. The molecular formula is C19H18FN3O2. The van der Waals surface area contributed by atoms with E-state index in [1.807, 2.05) is 35.0 Å². The number of hydrogen-bond acceptors (Lipinski definition) is 3. The molecule has 1 aliphatic rings. The summed E-state index contributed by atoms with van der Waals surface area (Å²) in [5.41, 5.74) is 3.15. The van der Waals surface area contributed by atoms with Crippen LogP contribution in [0.15, 0.2) is 47.2 Å². The number of aryl methyl sites for hydroxylation is 1. The molecule has 0 radical (unpaired) electrons. The zero-order valence-electron chi connectivity index (χ0n) is 13.9. The second-order valence-electron chi connectivity index (χ2n) is 6.37. The van der Waals surface area contributed by atoms with Gasteiger partial charge in [0.2, 0.25) is 5.91 Å². The zero-order chi connectivity index (χ0) is 17.4. The normalized spacial score (nSPS) is 13.8. The lowest BCUT2D eigenvalue weighted by molar-refractivity contribution is -0.131. The third kappa shape index (κ3) is 3.07. The molecule has 1 amide bonds. The highest BCUT2D eigenvalue weighted by molar-refractivity contribution is 5.79. The number of carbonyl (C=O) groups excluding carboxylic acids is 1. The number of carbonyl (C=O) groups is 1. The molecule has 3 aromatic rings. The third-order valence-electron chi connectivity index (χ3n) is 4.53. The van der Waals surface area contributed by atoms with Crippen LogP contribution in [0.3, 0.4) is 0 Å². The van der Waals surface area contributed by atoms with E-state index in [0.717, 1.165) is 16.9 Å². The Balaban J connectivity index is 1.56. The van der Waals surface area contributed by atoms with Crippen LogP contribution >= 0.6 is 0 Å². The predicted molar refractivity (Wildman–Crippen MR) is 90.1 cm³/mol. The molecule has 2 aromatic heterocycles. The Kier molecular flexibility index (Phi) is 3.87. The largest absolute Gasteiger partial charge is 0.360 e. The van der Waals surface area contributed by atoms with Crippen molar-refractivity contribution in [3.8, 4) is 11.3 Å². The predicted octanol–water partition coefficient (Wildman–Crippen LogP) is 2.95. The lowest BCUT2D eigenvalue weighted by Crippen LogP contribution is -2.36. The number of rotatable bonds is 3. The maximum absolute atomic E-state index is 13.5. The van der Waals surface area contributed by atoms with Crippen LogP contribution in [0, 0.1) is 5.82 Å². The van der Waals surface area contributed by atoms with Gasteiger partial charge in [-0.05, 0) is 23.8 Å². The van der Waals surface area contributed by atoms with Crippen molar-refractivity contribution in [2.24, 2.45) is 7.05 Å². The average Bonchev–Trinajstić information content (AvgIpc) is 3.20. The Bertz CT molecular complexity index is 928. The van der Waals surface area contributed by atoms with Crippen LogP contribution in [0.1, 0.15) is 16.9 Å². The van der Waals surface area contributed by atoms with Gasteiger partial charge in [0.25, 0.3) is 0 Å². The summed E-state index contributed by atoms with van der Waals surface area (Å²) in [6.45, 7) is 1.05. The highest BCUT2D eigenvalue weighted by Crippen LogP contribution is 2.30. The van der Waals surface area contributed by atoms with Gasteiger partial charge >= 0.3 is 0 Å². The van der Waals surface area contributed by atoms with E-state index in [2.05, 4.69) is 5.16 Å². The first kappa shape index (κ1) is 15.6. The summed E-state index contributed by atoms with van der Waals surface area (Å²) >= 11 is 0. The number of fused-ring (bicyclic) bond motifs is 1. The van der Waals surface area contributed by atoms with Gasteiger partial charge in [-0.25, -0.2) is 4.39 Å². The van der Waals surface area contributed by atoms with Crippen LogP contribution in [0.2, 0.25) is 0 Å². The minimum atomic E-state index is -0.318. The first-order chi connectivity index (χ1) is 12.1. The minimum Gasteiger partial charge on any atom is -0.360 e. The van der Waals surface area contributed by atoms with E-state index in [1.54, 1.807) is 12.1 Å². The van der Waals surface area contributed by atoms with Crippen LogP contribution in [-0.2, 0) is 31.2 Å². The van der Waals surface area contributed by atoms with Crippen molar-refractivity contribution >= 4 is 5.91 Å². The summed E-state index contributed by atoms with van der Waals surface area (Å²) in [5.74, 6) is 0.535. The molecule has 0 atom stereocenters. The highest BCUT2D eigenvalue weighted by atomic mass is 19.1. The average molecular weight is 339 g/mol. The molecule has 3 heterocycles. The SMILES string of the molecule is Cn1ccc(CC(=O)N2CCc3onc(-c4cccc(F)c4)c3C2)c1. The Morgan fingerprint density at radius 3 is 3.00 bits per heavy atom. The summed E-state index contributed by atoms with van der Waals surface area (Å²) in [4.78, 5) is 14.4. The number of amides is 1. The smallest absolute Gasteiger partial charge is 0.227 e. The van der Waals surface area contributed by atoms with Crippen LogP contribution in [0.5, 0.6) is 0 Å². The van der Waals surface area contributed by atoms with Gasteiger partial charge in [-0.2, -0.15) is 0 Å². The van der Waals surface area contributed by atoms with Gasteiger partial charge in [-0.1, -0.05) is 17.3 Å². The molecule has 5 nitrogen and oxygen atoms in total. The van der Waals surface area contributed by atoms with Gasteiger partial charge in [0.1, 0.15) is 17.3 Å². The van der Waals surface area contributed by atoms with E-state index < -0.39 is 0 Å². The van der Waals surface area contributed by atoms with Crippen LogP contribution in [0.4, 0.5) is 4.39 Å². The van der Waals surface area contributed by atoms with Crippen LogP contribution in [-0.4, -0.2) is 27.1 Å². The van der Waals surface area contributed by atoms with Gasteiger partial charge in [-0.3, -0.25) is 4.79 Å². The van der Waals surface area contributed by atoms with Crippen molar-refractivity contribution < 1.29 is 13.7 Å². The summed E-state index contributed by atoms with van der Waals surface area (Å²) in [6, 6.07) is 8.22. The van der Waals surface area contributed by atoms with Crippen LogP contribution < -0.4 is 0 Å². The number of aromatic nitrogens is 2. The lowest BCUT2D eigenvalue weighted by Gasteiger charge is -2.26. The molecule has 25 heavy (non-hydrogen) atoms. The van der Waals surface area contributed by atoms with E-state index in [-0.39, 0.29) is 11.7 Å². The fourth-order valence-electron chi connectivity index (χ4n) is 3.24. The molecule has 128 valence electrons. The molecule has 0 fully saturated rings. The van der Waals surface area contributed by atoms with Crippen LogP contribution in [0.25, 0.3) is 11.3 Å². The maximum atomic E-state index is 13.5. The van der Waals surface area contributed by atoms with E-state index in [9.17, 15) is 9.18 Å². The van der Waals surface area contributed by atoms with Crippen molar-refractivity contribution in [1.82, 2.24) is 14.6 Å². The molecule has 1 aromatic carbocycles. The number of halogens is 1. The number of benzene rings is 1. The first-order valence-electron chi connectivity index (χ1n) is 8.22. The topological polar surface area (TPSA) is 51.3 Å². The van der Waals surface area contributed by atoms with E-state index in [0.29, 0.717) is 37.2 Å². The van der Waals surface area contributed by atoms with E-state index >= 15 is 0 Å². The van der Waals surface area contributed by atoms with Gasteiger partial charge in [-0.15, -0.1) is 0 Å². The quantitative estimate of drug-likeness (QED) is 0.737. The molecule has 0 N–H and O–H groups in total. The Hall–Kier alpha value is -2.89.